The molecule has 0 bridgehead atoms. The first-order valence-corrected chi connectivity index (χ1v) is 6.70. The van der Waals surface area contributed by atoms with Crippen LogP contribution in [0.15, 0.2) is 28.3 Å². The van der Waals surface area contributed by atoms with Crippen LogP contribution in [0.3, 0.4) is 0 Å². The van der Waals surface area contributed by atoms with Crippen molar-refractivity contribution in [3.8, 4) is 0 Å². The average molecular weight is 267 g/mol. The van der Waals surface area contributed by atoms with Crippen LogP contribution in [0.25, 0.3) is 0 Å². The molecule has 0 spiro atoms. The summed E-state index contributed by atoms with van der Waals surface area (Å²) >= 11 is 1.43. The summed E-state index contributed by atoms with van der Waals surface area (Å²) in [6.45, 7) is 0. The van der Waals surface area contributed by atoms with E-state index in [2.05, 4.69) is 15.5 Å². The number of hydrogen-bond acceptors (Lipinski definition) is 3. The van der Waals surface area contributed by atoms with Gasteiger partial charge in [-0.15, -0.1) is 0 Å². The monoisotopic (exact) mass is 267 g/mol. The molecule has 1 saturated carbocycles. The zero-order valence-corrected chi connectivity index (χ0v) is 10.3. The van der Waals surface area contributed by atoms with Crippen LogP contribution >= 0.6 is 11.8 Å². The molecular weight excluding hydrogens is 256 g/mol. The fraction of sp³-hybridized carbons (Fsp3) is 0.333. The van der Waals surface area contributed by atoms with Gasteiger partial charge in [-0.1, -0.05) is 17.8 Å². The van der Waals surface area contributed by atoms with Crippen molar-refractivity contribution in [2.75, 3.05) is 5.75 Å². The van der Waals surface area contributed by atoms with Crippen LogP contribution in [0.4, 0.5) is 8.78 Å². The average Bonchev–Trinajstić information content (AvgIpc) is 3.15. The lowest BCUT2D eigenvalue weighted by Gasteiger charge is -2.15. The minimum atomic E-state index is -0.585. The minimum absolute atomic E-state index is 0.0528. The van der Waals surface area contributed by atoms with Gasteiger partial charge in [-0.3, -0.25) is 10.4 Å². The minimum Gasteiger partial charge on any atom is -0.258 e. The maximum absolute atomic E-state index is 13.6. The van der Waals surface area contributed by atoms with Crippen LogP contribution in [-0.2, 0) is 0 Å². The van der Waals surface area contributed by atoms with Gasteiger partial charge in [0.05, 0.1) is 17.3 Å². The molecule has 1 heterocycles. The summed E-state index contributed by atoms with van der Waals surface area (Å²) in [5.74, 6) is -0.742. The summed E-state index contributed by atoms with van der Waals surface area (Å²) < 4.78 is 27.1. The maximum Gasteiger partial charge on any atom is 0.177 e. The Labute approximate surface area is 107 Å². The first-order valence-electron chi connectivity index (χ1n) is 5.71. The molecule has 1 fully saturated rings. The zero-order chi connectivity index (χ0) is 12.5. The van der Waals surface area contributed by atoms with Crippen molar-refractivity contribution < 1.29 is 8.78 Å². The summed E-state index contributed by atoms with van der Waals surface area (Å²) in [5.41, 5.74) is 3.09. The Kier molecular flexibility index (Phi) is 3.03. The number of nitrogens with one attached hydrogen (secondary N) is 1. The SMILES string of the molecule is Fc1cccc(F)c1C1=NNC(=NC2CC2)SC1. The number of hydrogen-bond donors (Lipinski definition) is 1. The molecule has 3 nitrogen and oxygen atoms in total. The normalized spacial score (nSPS) is 21.7. The molecule has 1 aliphatic heterocycles. The predicted octanol–water partition coefficient (Wildman–Crippen LogP) is 2.52. The van der Waals surface area contributed by atoms with E-state index < -0.39 is 11.6 Å². The second-order valence-electron chi connectivity index (χ2n) is 4.22. The van der Waals surface area contributed by atoms with Crippen LogP contribution in [0.5, 0.6) is 0 Å². The Morgan fingerprint density at radius 3 is 2.56 bits per heavy atom. The molecule has 0 amide bonds. The van der Waals surface area contributed by atoms with E-state index in [1.165, 1.54) is 30.0 Å². The molecule has 0 saturated heterocycles. The fourth-order valence-corrected chi connectivity index (χ4v) is 2.47. The fourth-order valence-electron chi connectivity index (χ4n) is 1.65. The highest BCUT2D eigenvalue weighted by Gasteiger charge is 2.24. The third kappa shape index (κ3) is 2.38. The number of rotatable bonds is 2. The number of aliphatic imine (C=N–C) groups is 1. The van der Waals surface area contributed by atoms with Gasteiger partial charge in [-0.25, -0.2) is 8.78 Å². The van der Waals surface area contributed by atoms with Crippen molar-refractivity contribution >= 4 is 22.6 Å². The smallest absolute Gasteiger partial charge is 0.177 e. The maximum atomic E-state index is 13.6. The van der Waals surface area contributed by atoms with E-state index in [0.29, 0.717) is 17.5 Å². The summed E-state index contributed by atoms with van der Waals surface area (Å²) in [7, 11) is 0. The number of thioether (sulfide) groups is 1. The Morgan fingerprint density at radius 1 is 1.28 bits per heavy atom. The molecule has 2 aliphatic rings. The van der Waals surface area contributed by atoms with Crippen LogP contribution in [0, 0.1) is 11.6 Å². The molecule has 0 radical (unpaired) electrons. The lowest BCUT2D eigenvalue weighted by atomic mass is 10.1. The van der Waals surface area contributed by atoms with Crippen LogP contribution < -0.4 is 5.43 Å². The molecule has 0 atom stereocenters. The highest BCUT2D eigenvalue weighted by Crippen LogP contribution is 2.26. The molecule has 3 rings (SSSR count). The standard InChI is InChI=1S/C12H11F2N3S/c13-8-2-1-3-9(14)11(8)10-6-18-12(17-16-10)15-7-4-5-7/h1-3,7H,4-6H2,(H,15,17). The number of nitrogens with zero attached hydrogens (tertiary/aromatic N) is 2. The van der Waals surface area contributed by atoms with Gasteiger partial charge in [-0.05, 0) is 25.0 Å². The van der Waals surface area contributed by atoms with Gasteiger partial charge in [0.25, 0.3) is 0 Å². The second kappa shape index (κ2) is 4.68. The molecule has 0 unspecified atom stereocenters. The Bertz CT molecular complexity index is 518. The van der Waals surface area contributed by atoms with Gasteiger partial charge >= 0.3 is 0 Å². The molecular formula is C12H11F2N3S. The van der Waals surface area contributed by atoms with E-state index in [-0.39, 0.29) is 5.56 Å². The summed E-state index contributed by atoms with van der Waals surface area (Å²) in [6.07, 6.45) is 2.23. The van der Waals surface area contributed by atoms with Gasteiger partial charge < -0.3 is 0 Å². The lowest BCUT2D eigenvalue weighted by Crippen LogP contribution is -2.27. The quantitative estimate of drug-likeness (QED) is 0.894. The van der Waals surface area contributed by atoms with Gasteiger partial charge in [-0.2, -0.15) is 5.10 Å². The molecule has 1 aliphatic carbocycles. The molecule has 1 aromatic carbocycles. The zero-order valence-electron chi connectivity index (χ0n) is 9.49. The van der Waals surface area contributed by atoms with Crippen molar-refractivity contribution in [1.29, 1.82) is 0 Å². The number of benzene rings is 1. The van der Waals surface area contributed by atoms with Crippen LogP contribution in [0.1, 0.15) is 18.4 Å². The van der Waals surface area contributed by atoms with E-state index in [1.54, 1.807) is 0 Å². The van der Waals surface area contributed by atoms with Gasteiger partial charge in [0, 0.05) is 5.75 Å². The largest absolute Gasteiger partial charge is 0.258 e. The van der Waals surface area contributed by atoms with Gasteiger partial charge in [0.1, 0.15) is 11.6 Å². The topological polar surface area (TPSA) is 36.8 Å². The number of amidine groups is 1. The lowest BCUT2D eigenvalue weighted by molar-refractivity contribution is 0.578. The van der Waals surface area contributed by atoms with Crippen molar-refractivity contribution in [3.05, 3.63) is 35.4 Å². The Balaban J connectivity index is 1.83. The number of hydrazone groups is 1. The molecule has 94 valence electrons. The van der Waals surface area contributed by atoms with E-state index in [1.807, 2.05) is 0 Å². The van der Waals surface area contributed by atoms with Crippen molar-refractivity contribution in [2.24, 2.45) is 10.1 Å². The first-order chi connectivity index (χ1) is 8.74. The van der Waals surface area contributed by atoms with Crippen molar-refractivity contribution in [1.82, 2.24) is 5.43 Å². The van der Waals surface area contributed by atoms with E-state index in [0.717, 1.165) is 18.0 Å². The summed E-state index contributed by atoms with van der Waals surface area (Å²) in [6, 6.07) is 4.22. The van der Waals surface area contributed by atoms with E-state index in [9.17, 15) is 8.78 Å². The molecule has 18 heavy (non-hydrogen) atoms. The Hall–Kier alpha value is -1.43. The van der Waals surface area contributed by atoms with E-state index >= 15 is 0 Å². The highest BCUT2D eigenvalue weighted by molar-refractivity contribution is 8.14. The highest BCUT2D eigenvalue weighted by atomic mass is 32.2. The molecule has 1 N–H and O–H groups in total. The van der Waals surface area contributed by atoms with Gasteiger partial charge in [0.15, 0.2) is 5.17 Å². The van der Waals surface area contributed by atoms with Crippen LogP contribution in [0.2, 0.25) is 0 Å². The summed E-state index contributed by atoms with van der Waals surface area (Å²) in [4.78, 5) is 4.39. The second-order valence-corrected chi connectivity index (χ2v) is 5.19. The number of halogens is 2. The van der Waals surface area contributed by atoms with Crippen molar-refractivity contribution in [3.63, 3.8) is 0 Å². The Morgan fingerprint density at radius 2 is 2.00 bits per heavy atom. The third-order valence-corrected chi connectivity index (χ3v) is 3.62. The summed E-state index contributed by atoms with van der Waals surface area (Å²) in [5, 5.41) is 4.75. The van der Waals surface area contributed by atoms with Crippen LogP contribution in [-0.4, -0.2) is 22.7 Å². The van der Waals surface area contributed by atoms with Gasteiger partial charge in [0.2, 0.25) is 0 Å². The molecule has 1 aromatic rings. The van der Waals surface area contributed by atoms with Crippen molar-refractivity contribution in [2.45, 2.75) is 18.9 Å². The first kappa shape index (κ1) is 11.6. The van der Waals surface area contributed by atoms with E-state index in [4.69, 9.17) is 0 Å². The molecule has 6 heteroatoms. The molecule has 0 aromatic heterocycles. The predicted molar refractivity (Wildman–Crippen MR) is 68.9 cm³/mol. The third-order valence-electron chi connectivity index (χ3n) is 2.73.